The van der Waals surface area contributed by atoms with Crippen LogP contribution in [-0.2, 0) is 11.2 Å². The molecule has 2 aromatic carbocycles. The minimum absolute atomic E-state index is 0.0655. The fraction of sp³-hybridized carbons (Fsp3) is 0.176. The average molecular weight is 280 g/mol. The smallest absolute Gasteiger partial charge is 0.262 e. The Morgan fingerprint density at radius 1 is 1.19 bits per heavy atom. The molecule has 1 N–H and O–H groups in total. The van der Waals surface area contributed by atoms with E-state index in [0.717, 1.165) is 17.7 Å². The van der Waals surface area contributed by atoms with Crippen LogP contribution in [0.1, 0.15) is 18.1 Å². The monoisotopic (exact) mass is 280 g/mol. The molecule has 2 aromatic rings. The summed E-state index contributed by atoms with van der Waals surface area (Å²) in [4.78, 5) is 11.9. The van der Waals surface area contributed by atoms with E-state index < -0.39 is 0 Å². The topological polar surface area (TPSA) is 62.1 Å². The number of ether oxygens (including phenoxy) is 1. The molecule has 0 heterocycles. The molecule has 0 radical (unpaired) electrons. The molecule has 1 amide bonds. The highest BCUT2D eigenvalue weighted by Gasteiger charge is 2.06. The van der Waals surface area contributed by atoms with Gasteiger partial charge in [0.15, 0.2) is 6.61 Å². The molecule has 0 spiro atoms. The van der Waals surface area contributed by atoms with Crippen molar-refractivity contribution in [1.29, 1.82) is 5.26 Å². The normalized spacial score (nSPS) is 9.71. The van der Waals surface area contributed by atoms with Gasteiger partial charge in [-0.05, 0) is 42.3 Å². The third-order valence-corrected chi connectivity index (χ3v) is 3.03. The quantitative estimate of drug-likeness (QED) is 0.915. The number of nitrogens with zero attached hydrogens (tertiary/aromatic N) is 1. The van der Waals surface area contributed by atoms with Gasteiger partial charge >= 0.3 is 0 Å². The Bertz CT molecular complexity index is 657. The van der Waals surface area contributed by atoms with E-state index in [4.69, 9.17) is 10.00 Å². The van der Waals surface area contributed by atoms with Crippen LogP contribution in [0.3, 0.4) is 0 Å². The number of para-hydroxylation sites is 1. The Labute approximate surface area is 124 Å². The largest absolute Gasteiger partial charge is 0.484 e. The molecule has 106 valence electrons. The molecule has 2 rings (SSSR count). The maximum absolute atomic E-state index is 11.9. The summed E-state index contributed by atoms with van der Waals surface area (Å²) in [5, 5.41) is 11.5. The fourth-order valence-corrected chi connectivity index (χ4v) is 1.91. The zero-order valence-corrected chi connectivity index (χ0v) is 11.8. The Balaban J connectivity index is 1.91. The number of rotatable bonds is 5. The minimum Gasteiger partial charge on any atom is -0.484 e. The first-order valence-corrected chi connectivity index (χ1v) is 6.73. The number of hydrogen-bond acceptors (Lipinski definition) is 3. The predicted octanol–water partition coefficient (Wildman–Crippen LogP) is 3.14. The summed E-state index contributed by atoms with van der Waals surface area (Å²) in [5.41, 5.74) is 2.46. The summed E-state index contributed by atoms with van der Waals surface area (Å²) in [6, 6.07) is 16.4. The van der Waals surface area contributed by atoms with E-state index in [1.165, 1.54) is 0 Å². The molecule has 4 heteroatoms. The van der Waals surface area contributed by atoms with Gasteiger partial charge in [0.25, 0.3) is 5.91 Å². The van der Waals surface area contributed by atoms with Gasteiger partial charge in [0.1, 0.15) is 5.75 Å². The standard InChI is InChI=1S/C17H16N2O2/c1-2-14-5-3-4-6-16(14)19-17(20)12-21-15-9-7-13(11-18)8-10-15/h3-10H,2,12H2,1H3,(H,19,20). The number of carbonyl (C=O) groups is 1. The fourth-order valence-electron chi connectivity index (χ4n) is 1.91. The summed E-state index contributed by atoms with van der Waals surface area (Å²) < 4.78 is 5.39. The molecule has 0 aromatic heterocycles. The van der Waals surface area contributed by atoms with Crippen molar-refractivity contribution in [3.8, 4) is 11.8 Å². The van der Waals surface area contributed by atoms with Crippen LogP contribution in [-0.4, -0.2) is 12.5 Å². The zero-order valence-electron chi connectivity index (χ0n) is 11.8. The number of aryl methyl sites for hydroxylation is 1. The molecular formula is C17H16N2O2. The number of benzene rings is 2. The third-order valence-electron chi connectivity index (χ3n) is 3.03. The molecule has 0 aliphatic rings. The van der Waals surface area contributed by atoms with E-state index in [9.17, 15) is 4.79 Å². The Morgan fingerprint density at radius 2 is 1.90 bits per heavy atom. The Kier molecular flexibility index (Phi) is 4.94. The van der Waals surface area contributed by atoms with Gasteiger partial charge in [-0.3, -0.25) is 4.79 Å². The number of nitrogens with one attached hydrogen (secondary N) is 1. The zero-order chi connectivity index (χ0) is 15.1. The molecule has 0 unspecified atom stereocenters. The maximum atomic E-state index is 11.9. The molecule has 0 aliphatic carbocycles. The highest BCUT2D eigenvalue weighted by molar-refractivity contribution is 5.92. The second-order valence-corrected chi connectivity index (χ2v) is 4.48. The van der Waals surface area contributed by atoms with E-state index >= 15 is 0 Å². The molecule has 0 atom stereocenters. The first-order chi connectivity index (χ1) is 10.2. The van der Waals surface area contributed by atoms with Crippen molar-refractivity contribution >= 4 is 11.6 Å². The second-order valence-electron chi connectivity index (χ2n) is 4.48. The van der Waals surface area contributed by atoms with Crippen molar-refractivity contribution in [3.63, 3.8) is 0 Å². The van der Waals surface area contributed by atoms with E-state index in [0.29, 0.717) is 11.3 Å². The lowest BCUT2D eigenvalue weighted by Crippen LogP contribution is -2.20. The molecule has 21 heavy (non-hydrogen) atoms. The van der Waals surface area contributed by atoms with Gasteiger partial charge in [0.05, 0.1) is 11.6 Å². The van der Waals surface area contributed by atoms with E-state index in [-0.39, 0.29) is 12.5 Å². The van der Waals surface area contributed by atoms with Crippen LogP contribution in [0.2, 0.25) is 0 Å². The average Bonchev–Trinajstić information content (AvgIpc) is 2.54. The molecule has 0 bridgehead atoms. The number of anilines is 1. The SMILES string of the molecule is CCc1ccccc1NC(=O)COc1ccc(C#N)cc1. The molecule has 0 saturated carbocycles. The third kappa shape index (κ3) is 4.08. The van der Waals surface area contributed by atoms with Crippen molar-refractivity contribution in [3.05, 3.63) is 59.7 Å². The number of carbonyl (C=O) groups excluding carboxylic acids is 1. The molecule has 4 nitrogen and oxygen atoms in total. The lowest BCUT2D eigenvalue weighted by Gasteiger charge is -2.10. The van der Waals surface area contributed by atoms with Gasteiger partial charge in [-0.25, -0.2) is 0 Å². The summed E-state index contributed by atoms with van der Waals surface area (Å²) in [6.45, 7) is 1.97. The summed E-state index contributed by atoms with van der Waals surface area (Å²) in [6.07, 6.45) is 0.854. The van der Waals surface area contributed by atoms with Crippen molar-refractivity contribution < 1.29 is 9.53 Å². The summed E-state index contributed by atoms with van der Waals surface area (Å²) in [7, 11) is 0. The summed E-state index contributed by atoms with van der Waals surface area (Å²) >= 11 is 0. The number of nitriles is 1. The van der Waals surface area contributed by atoms with Crippen molar-refractivity contribution in [2.75, 3.05) is 11.9 Å². The van der Waals surface area contributed by atoms with E-state index in [1.807, 2.05) is 37.3 Å². The lowest BCUT2D eigenvalue weighted by atomic mass is 10.1. The van der Waals surface area contributed by atoms with Crippen LogP contribution >= 0.6 is 0 Å². The Hall–Kier alpha value is -2.80. The van der Waals surface area contributed by atoms with Gasteiger partial charge in [-0.1, -0.05) is 25.1 Å². The highest BCUT2D eigenvalue weighted by Crippen LogP contribution is 2.16. The Morgan fingerprint density at radius 3 is 2.57 bits per heavy atom. The second kappa shape index (κ2) is 7.11. The lowest BCUT2D eigenvalue weighted by molar-refractivity contribution is -0.118. The highest BCUT2D eigenvalue weighted by atomic mass is 16.5. The van der Waals surface area contributed by atoms with Crippen molar-refractivity contribution in [2.45, 2.75) is 13.3 Å². The van der Waals surface area contributed by atoms with Crippen LogP contribution < -0.4 is 10.1 Å². The van der Waals surface area contributed by atoms with Gasteiger partial charge in [-0.15, -0.1) is 0 Å². The van der Waals surface area contributed by atoms with Crippen LogP contribution in [0.25, 0.3) is 0 Å². The van der Waals surface area contributed by atoms with Gasteiger partial charge < -0.3 is 10.1 Å². The van der Waals surface area contributed by atoms with E-state index in [1.54, 1.807) is 24.3 Å². The molecular weight excluding hydrogens is 264 g/mol. The first-order valence-electron chi connectivity index (χ1n) is 6.73. The first kappa shape index (κ1) is 14.6. The summed E-state index contributed by atoms with van der Waals surface area (Å²) in [5.74, 6) is 0.355. The predicted molar refractivity (Wildman–Crippen MR) is 81.1 cm³/mol. The van der Waals surface area contributed by atoms with Crippen molar-refractivity contribution in [2.24, 2.45) is 0 Å². The van der Waals surface area contributed by atoms with Gasteiger partial charge in [-0.2, -0.15) is 5.26 Å². The van der Waals surface area contributed by atoms with Crippen LogP contribution in [0.15, 0.2) is 48.5 Å². The van der Waals surface area contributed by atoms with Crippen LogP contribution in [0.5, 0.6) is 5.75 Å². The van der Waals surface area contributed by atoms with Crippen LogP contribution in [0, 0.1) is 11.3 Å². The molecule has 0 fully saturated rings. The van der Waals surface area contributed by atoms with Gasteiger partial charge in [0, 0.05) is 5.69 Å². The number of amides is 1. The van der Waals surface area contributed by atoms with E-state index in [2.05, 4.69) is 5.32 Å². The number of hydrogen-bond donors (Lipinski definition) is 1. The molecule has 0 saturated heterocycles. The molecule has 0 aliphatic heterocycles. The van der Waals surface area contributed by atoms with Crippen LogP contribution in [0.4, 0.5) is 5.69 Å². The maximum Gasteiger partial charge on any atom is 0.262 e. The van der Waals surface area contributed by atoms with Gasteiger partial charge in [0.2, 0.25) is 0 Å². The minimum atomic E-state index is -0.208. The van der Waals surface area contributed by atoms with Crippen molar-refractivity contribution in [1.82, 2.24) is 0 Å².